The fraction of sp³-hybridized carbons (Fsp3) is 0.538. The van der Waals surface area contributed by atoms with Crippen molar-refractivity contribution in [2.75, 3.05) is 26.9 Å². The number of ether oxygens (including phenoxy) is 4. The number of hydrogen-bond acceptors (Lipinski definition) is 4. The first-order valence-corrected chi connectivity index (χ1v) is 6.28. The molecule has 0 aromatic heterocycles. The molecule has 0 saturated heterocycles. The van der Waals surface area contributed by atoms with Crippen molar-refractivity contribution in [3.63, 3.8) is 0 Å². The van der Waals surface area contributed by atoms with Crippen LogP contribution in [0.2, 0.25) is 5.02 Å². The van der Waals surface area contributed by atoms with Gasteiger partial charge < -0.3 is 18.9 Å². The Bertz CT molecular complexity index is 351. The Labute approximate surface area is 113 Å². The van der Waals surface area contributed by atoms with Crippen LogP contribution in [0.5, 0.6) is 11.5 Å². The van der Waals surface area contributed by atoms with E-state index in [9.17, 15) is 0 Å². The highest BCUT2D eigenvalue weighted by atomic mass is 35.5. The van der Waals surface area contributed by atoms with Crippen molar-refractivity contribution in [1.29, 1.82) is 0 Å². The van der Waals surface area contributed by atoms with Crippen molar-refractivity contribution in [1.82, 2.24) is 0 Å². The lowest BCUT2D eigenvalue weighted by atomic mass is 10.3. The molecule has 4 nitrogen and oxygen atoms in total. The van der Waals surface area contributed by atoms with Crippen LogP contribution in [0.4, 0.5) is 0 Å². The van der Waals surface area contributed by atoms with Gasteiger partial charge in [0.1, 0.15) is 18.1 Å². The third kappa shape index (κ3) is 4.72. The third-order valence-corrected chi connectivity index (χ3v) is 2.51. The molecule has 0 spiro atoms. The minimum Gasteiger partial charge on any atom is -0.497 e. The van der Waals surface area contributed by atoms with Crippen molar-refractivity contribution in [3.05, 3.63) is 23.2 Å². The van der Waals surface area contributed by atoms with Crippen LogP contribution in [0.15, 0.2) is 18.2 Å². The summed E-state index contributed by atoms with van der Waals surface area (Å²) in [5.41, 5.74) is 0. The highest BCUT2D eigenvalue weighted by Gasteiger charge is 2.10. The second-order valence-corrected chi connectivity index (χ2v) is 3.85. The van der Waals surface area contributed by atoms with Gasteiger partial charge in [-0.05, 0) is 26.0 Å². The van der Waals surface area contributed by atoms with Crippen LogP contribution in [0.25, 0.3) is 0 Å². The smallest absolute Gasteiger partial charge is 0.191 e. The third-order valence-electron chi connectivity index (χ3n) is 2.22. The summed E-state index contributed by atoms with van der Waals surface area (Å²) in [6.07, 6.45) is -0.377. The van der Waals surface area contributed by atoms with Crippen molar-refractivity contribution in [2.24, 2.45) is 0 Å². The zero-order chi connectivity index (χ0) is 13.4. The lowest BCUT2D eigenvalue weighted by Gasteiger charge is -2.18. The fourth-order valence-corrected chi connectivity index (χ4v) is 1.62. The van der Waals surface area contributed by atoms with Crippen molar-refractivity contribution >= 4 is 11.6 Å². The fourth-order valence-electron chi connectivity index (χ4n) is 1.40. The normalized spacial score (nSPS) is 10.7. The molecule has 0 aliphatic rings. The maximum Gasteiger partial charge on any atom is 0.191 e. The topological polar surface area (TPSA) is 36.9 Å². The molecule has 0 amide bonds. The summed E-state index contributed by atoms with van der Waals surface area (Å²) < 4.78 is 21.4. The van der Waals surface area contributed by atoms with Crippen LogP contribution in [-0.2, 0) is 9.47 Å². The Morgan fingerprint density at radius 2 is 1.83 bits per heavy atom. The molecule has 1 aromatic carbocycles. The first-order valence-electron chi connectivity index (χ1n) is 5.90. The largest absolute Gasteiger partial charge is 0.497 e. The molecule has 0 N–H and O–H groups in total. The van der Waals surface area contributed by atoms with Gasteiger partial charge in [-0.3, -0.25) is 0 Å². The molecule has 0 radical (unpaired) electrons. The monoisotopic (exact) mass is 274 g/mol. The highest BCUT2D eigenvalue weighted by Crippen LogP contribution is 2.28. The van der Waals surface area contributed by atoms with Gasteiger partial charge in [-0.25, -0.2) is 0 Å². The van der Waals surface area contributed by atoms with E-state index < -0.39 is 0 Å². The first-order chi connectivity index (χ1) is 8.71. The van der Waals surface area contributed by atoms with Gasteiger partial charge in [-0.15, -0.1) is 0 Å². The van der Waals surface area contributed by atoms with Gasteiger partial charge in [-0.1, -0.05) is 11.6 Å². The molecular weight excluding hydrogens is 256 g/mol. The number of halogens is 1. The van der Waals surface area contributed by atoms with Gasteiger partial charge in [0.05, 0.1) is 12.1 Å². The molecule has 0 atom stereocenters. The summed E-state index contributed by atoms with van der Waals surface area (Å²) in [6, 6.07) is 5.25. The molecule has 18 heavy (non-hydrogen) atoms. The predicted octanol–water partition coefficient (Wildman–Crippen LogP) is 3.13. The Kier molecular flexibility index (Phi) is 6.86. The summed E-state index contributed by atoms with van der Waals surface area (Å²) in [5.74, 6) is 1.28. The zero-order valence-corrected chi connectivity index (χ0v) is 11.7. The number of rotatable bonds is 8. The molecule has 0 unspecified atom stereocenters. The maximum atomic E-state index is 6.06. The second kappa shape index (κ2) is 8.19. The maximum absolute atomic E-state index is 6.06. The van der Waals surface area contributed by atoms with E-state index in [4.69, 9.17) is 30.5 Å². The van der Waals surface area contributed by atoms with Crippen LogP contribution in [0, 0.1) is 0 Å². The van der Waals surface area contributed by atoms with E-state index in [1.165, 1.54) is 0 Å². The average Bonchev–Trinajstić information content (AvgIpc) is 2.37. The molecule has 0 aliphatic heterocycles. The quantitative estimate of drug-likeness (QED) is 0.683. The van der Waals surface area contributed by atoms with Crippen molar-refractivity contribution in [2.45, 2.75) is 20.1 Å². The van der Waals surface area contributed by atoms with Crippen LogP contribution in [0.1, 0.15) is 13.8 Å². The Hall–Kier alpha value is -0.970. The highest BCUT2D eigenvalue weighted by molar-refractivity contribution is 6.32. The molecule has 0 aliphatic carbocycles. The first kappa shape index (κ1) is 15.1. The molecule has 0 fully saturated rings. The molecule has 0 bridgehead atoms. The lowest BCUT2D eigenvalue weighted by molar-refractivity contribution is -0.152. The van der Waals surface area contributed by atoms with Crippen LogP contribution in [-0.4, -0.2) is 33.2 Å². The predicted molar refractivity (Wildman–Crippen MR) is 70.5 cm³/mol. The minimum absolute atomic E-state index is 0.299. The summed E-state index contributed by atoms with van der Waals surface area (Å²) in [7, 11) is 1.59. The lowest BCUT2D eigenvalue weighted by Crippen LogP contribution is -2.25. The van der Waals surface area contributed by atoms with Gasteiger partial charge >= 0.3 is 0 Å². The number of methoxy groups -OCH3 is 1. The standard InChI is InChI=1S/C13H19ClO4/c1-4-16-13(17-5-2)9-18-12-7-6-10(15-3)8-11(12)14/h6-8,13H,4-5,9H2,1-3H3. The van der Waals surface area contributed by atoms with Crippen LogP contribution < -0.4 is 9.47 Å². The minimum atomic E-state index is -0.377. The Balaban J connectivity index is 2.55. The summed E-state index contributed by atoms with van der Waals surface area (Å²) in [6.45, 7) is 5.27. The van der Waals surface area contributed by atoms with E-state index in [2.05, 4.69) is 0 Å². The average molecular weight is 275 g/mol. The van der Waals surface area contributed by atoms with E-state index in [1.54, 1.807) is 25.3 Å². The van der Waals surface area contributed by atoms with Gasteiger partial charge in [0.15, 0.2) is 6.29 Å². The molecule has 1 rings (SSSR count). The Morgan fingerprint density at radius 3 is 2.33 bits per heavy atom. The van der Waals surface area contributed by atoms with E-state index in [0.29, 0.717) is 36.3 Å². The molecular formula is C13H19ClO4. The molecule has 102 valence electrons. The zero-order valence-electron chi connectivity index (χ0n) is 10.9. The van der Waals surface area contributed by atoms with Crippen LogP contribution in [0.3, 0.4) is 0 Å². The van der Waals surface area contributed by atoms with Gasteiger partial charge in [-0.2, -0.15) is 0 Å². The van der Waals surface area contributed by atoms with E-state index in [0.717, 1.165) is 0 Å². The van der Waals surface area contributed by atoms with Gasteiger partial charge in [0.2, 0.25) is 0 Å². The summed E-state index contributed by atoms with van der Waals surface area (Å²) >= 11 is 6.06. The van der Waals surface area contributed by atoms with Gasteiger partial charge in [0, 0.05) is 19.3 Å². The van der Waals surface area contributed by atoms with E-state index in [-0.39, 0.29) is 6.29 Å². The van der Waals surface area contributed by atoms with Gasteiger partial charge in [0.25, 0.3) is 0 Å². The summed E-state index contributed by atoms with van der Waals surface area (Å²) in [4.78, 5) is 0. The summed E-state index contributed by atoms with van der Waals surface area (Å²) in [5, 5.41) is 0.501. The molecule has 0 heterocycles. The molecule has 5 heteroatoms. The number of hydrogen-bond donors (Lipinski definition) is 0. The second-order valence-electron chi connectivity index (χ2n) is 3.45. The SMILES string of the molecule is CCOC(COc1ccc(OC)cc1Cl)OCC. The number of benzene rings is 1. The van der Waals surface area contributed by atoms with E-state index in [1.807, 2.05) is 13.8 Å². The van der Waals surface area contributed by atoms with Crippen molar-refractivity contribution < 1.29 is 18.9 Å². The van der Waals surface area contributed by atoms with Crippen molar-refractivity contribution in [3.8, 4) is 11.5 Å². The molecule has 1 aromatic rings. The van der Waals surface area contributed by atoms with Crippen LogP contribution >= 0.6 is 11.6 Å². The van der Waals surface area contributed by atoms with E-state index >= 15 is 0 Å². The molecule has 0 saturated carbocycles. The Morgan fingerprint density at radius 1 is 1.17 bits per heavy atom.